The first-order valence-electron chi connectivity index (χ1n) is 6.30. The van der Waals surface area contributed by atoms with Crippen molar-refractivity contribution in [2.75, 3.05) is 26.8 Å². The van der Waals surface area contributed by atoms with Crippen molar-refractivity contribution in [3.8, 4) is 0 Å². The minimum atomic E-state index is -1.06. The second-order valence-corrected chi connectivity index (χ2v) is 5.27. The molecule has 1 aromatic heterocycles. The lowest BCUT2D eigenvalue weighted by molar-refractivity contribution is -0.137. The Hall–Kier alpha value is -1.86. The largest absolute Gasteiger partial charge is 0.480 e. The Morgan fingerprint density at radius 1 is 1.38 bits per heavy atom. The number of ether oxygens (including phenoxy) is 1. The van der Waals surface area contributed by atoms with Crippen molar-refractivity contribution in [2.24, 2.45) is 0 Å². The number of methoxy groups -OCH3 is 1. The molecule has 21 heavy (non-hydrogen) atoms. The Bertz CT molecular complexity index is 668. The molecule has 2 rings (SSSR count). The highest BCUT2D eigenvalue weighted by Crippen LogP contribution is 2.28. The first-order chi connectivity index (χ1) is 10.0. The molecule has 6 nitrogen and oxygen atoms in total. The van der Waals surface area contributed by atoms with Crippen molar-refractivity contribution in [3.63, 3.8) is 0 Å². The van der Waals surface area contributed by atoms with Gasteiger partial charge in [0, 0.05) is 24.6 Å². The summed E-state index contributed by atoms with van der Waals surface area (Å²) in [4.78, 5) is 27.7. The van der Waals surface area contributed by atoms with Crippen LogP contribution in [-0.4, -0.2) is 53.7 Å². The van der Waals surface area contributed by atoms with Gasteiger partial charge in [0.1, 0.15) is 12.2 Å². The van der Waals surface area contributed by atoms with E-state index in [9.17, 15) is 9.59 Å². The molecule has 0 spiro atoms. The van der Waals surface area contributed by atoms with Crippen LogP contribution in [0.3, 0.4) is 0 Å². The highest BCUT2D eigenvalue weighted by atomic mass is 79.9. The summed E-state index contributed by atoms with van der Waals surface area (Å²) in [6.45, 7) is 0.115. The highest BCUT2D eigenvalue weighted by Gasteiger charge is 2.23. The van der Waals surface area contributed by atoms with Crippen molar-refractivity contribution in [2.45, 2.75) is 0 Å². The Morgan fingerprint density at radius 3 is 2.71 bits per heavy atom. The molecule has 0 aliphatic heterocycles. The van der Waals surface area contributed by atoms with Crippen molar-refractivity contribution < 1.29 is 19.4 Å². The van der Waals surface area contributed by atoms with Gasteiger partial charge in [0.05, 0.1) is 11.1 Å². The summed E-state index contributed by atoms with van der Waals surface area (Å²) in [6, 6.07) is 7.46. The molecule has 0 aliphatic rings. The van der Waals surface area contributed by atoms with Crippen molar-refractivity contribution >= 4 is 38.7 Å². The van der Waals surface area contributed by atoms with Gasteiger partial charge in [-0.1, -0.05) is 18.2 Å². The van der Waals surface area contributed by atoms with E-state index in [1.54, 1.807) is 0 Å². The fraction of sp³-hybridized carbons (Fsp3) is 0.286. The fourth-order valence-corrected chi connectivity index (χ4v) is 2.64. The van der Waals surface area contributed by atoms with E-state index in [0.717, 1.165) is 10.9 Å². The zero-order valence-corrected chi connectivity index (χ0v) is 13.0. The lowest BCUT2D eigenvalue weighted by atomic mass is 10.2. The van der Waals surface area contributed by atoms with Gasteiger partial charge in [-0.2, -0.15) is 0 Å². The number of para-hydroxylation sites is 1. The number of aliphatic carboxylic acids is 1. The number of halogens is 1. The maximum absolute atomic E-state index is 12.5. The minimum absolute atomic E-state index is 0.212. The number of amides is 1. The third-order valence-corrected chi connectivity index (χ3v) is 3.86. The highest BCUT2D eigenvalue weighted by molar-refractivity contribution is 9.10. The van der Waals surface area contributed by atoms with Gasteiger partial charge in [0.15, 0.2) is 0 Å². The van der Waals surface area contributed by atoms with Crippen LogP contribution >= 0.6 is 15.9 Å². The van der Waals surface area contributed by atoms with E-state index in [0.29, 0.717) is 10.2 Å². The number of hydrogen-bond acceptors (Lipinski definition) is 3. The van der Waals surface area contributed by atoms with Gasteiger partial charge < -0.3 is 19.7 Å². The number of H-pyrrole nitrogens is 1. The number of carboxylic acids is 1. The van der Waals surface area contributed by atoms with Gasteiger partial charge in [-0.3, -0.25) is 9.59 Å². The molecular weight excluding hydrogens is 340 g/mol. The van der Waals surface area contributed by atoms with Crippen LogP contribution in [0.4, 0.5) is 0 Å². The average molecular weight is 355 g/mol. The predicted octanol–water partition coefficient (Wildman–Crippen LogP) is 2.10. The quantitative estimate of drug-likeness (QED) is 0.832. The molecule has 0 saturated heterocycles. The molecule has 0 radical (unpaired) electrons. The van der Waals surface area contributed by atoms with E-state index < -0.39 is 5.97 Å². The maximum atomic E-state index is 12.5. The van der Waals surface area contributed by atoms with Crippen LogP contribution < -0.4 is 0 Å². The van der Waals surface area contributed by atoms with Gasteiger partial charge in [-0.25, -0.2) is 0 Å². The standard InChI is InChI=1S/C14H15BrN2O4/c1-21-7-6-17(8-11(18)19)14(20)13-12(15)9-4-2-3-5-10(9)16-13/h2-5,16H,6-8H2,1H3,(H,18,19). The predicted molar refractivity (Wildman–Crippen MR) is 81.4 cm³/mol. The van der Waals surface area contributed by atoms with Crippen LogP contribution in [0, 0.1) is 0 Å². The summed E-state index contributed by atoms with van der Waals surface area (Å²) >= 11 is 3.40. The SMILES string of the molecule is COCCN(CC(=O)O)C(=O)c1[nH]c2ccccc2c1Br. The van der Waals surface area contributed by atoms with E-state index in [1.165, 1.54) is 12.0 Å². The monoisotopic (exact) mass is 354 g/mol. The number of aromatic amines is 1. The van der Waals surface area contributed by atoms with E-state index in [1.807, 2.05) is 24.3 Å². The van der Waals surface area contributed by atoms with E-state index >= 15 is 0 Å². The summed E-state index contributed by atoms with van der Waals surface area (Å²) in [5.74, 6) is -1.44. The molecular formula is C14H15BrN2O4. The summed E-state index contributed by atoms with van der Waals surface area (Å²) in [5, 5.41) is 9.81. The zero-order chi connectivity index (χ0) is 15.4. The first kappa shape index (κ1) is 15.5. The molecule has 0 fully saturated rings. The summed E-state index contributed by atoms with van der Waals surface area (Å²) in [7, 11) is 1.50. The van der Waals surface area contributed by atoms with Crippen LogP contribution in [0.25, 0.3) is 10.9 Å². The van der Waals surface area contributed by atoms with Crippen LogP contribution in [0.15, 0.2) is 28.7 Å². The molecule has 2 aromatic rings. The number of hydrogen-bond donors (Lipinski definition) is 2. The number of benzene rings is 1. The topological polar surface area (TPSA) is 82.6 Å². The van der Waals surface area contributed by atoms with Crippen molar-refractivity contribution in [1.82, 2.24) is 9.88 Å². The number of carbonyl (C=O) groups is 2. The zero-order valence-electron chi connectivity index (χ0n) is 11.4. The minimum Gasteiger partial charge on any atom is -0.480 e. The number of fused-ring (bicyclic) bond motifs is 1. The number of carboxylic acid groups (broad SMARTS) is 1. The smallest absolute Gasteiger partial charge is 0.323 e. The molecule has 1 aromatic carbocycles. The van der Waals surface area contributed by atoms with Crippen LogP contribution in [0.1, 0.15) is 10.5 Å². The van der Waals surface area contributed by atoms with Crippen LogP contribution in [0.5, 0.6) is 0 Å². The number of aromatic nitrogens is 1. The fourth-order valence-electron chi connectivity index (χ4n) is 2.03. The van der Waals surface area contributed by atoms with E-state index in [-0.39, 0.29) is 25.6 Å². The Kier molecular flexibility index (Phi) is 4.98. The Morgan fingerprint density at radius 2 is 2.10 bits per heavy atom. The molecule has 0 atom stereocenters. The van der Waals surface area contributed by atoms with Gasteiger partial charge in [-0.15, -0.1) is 0 Å². The van der Waals surface area contributed by atoms with E-state index in [4.69, 9.17) is 9.84 Å². The molecule has 1 amide bonds. The van der Waals surface area contributed by atoms with Crippen LogP contribution in [-0.2, 0) is 9.53 Å². The second-order valence-electron chi connectivity index (χ2n) is 4.47. The molecule has 0 saturated carbocycles. The van der Waals surface area contributed by atoms with E-state index in [2.05, 4.69) is 20.9 Å². The average Bonchev–Trinajstić information content (AvgIpc) is 2.80. The number of nitrogens with one attached hydrogen (secondary N) is 1. The second kappa shape index (κ2) is 6.73. The van der Waals surface area contributed by atoms with Gasteiger partial charge in [-0.05, 0) is 22.0 Å². The van der Waals surface area contributed by atoms with Gasteiger partial charge in [0.2, 0.25) is 0 Å². The van der Waals surface area contributed by atoms with Crippen molar-refractivity contribution in [3.05, 3.63) is 34.4 Å². The lowest BCUT2D eigenvalue weighted by Gasteiger charge is -2.19. The molecule has 0 unspecified atom stereocenters. The van der Waals surface area contributed by atoms with Gasteiger partial charge in [0.25, 0.3) is 5.91 Å². The molecule has 112 valence electrons. The molecule has 1 heterocycles. The number of rotatable bonds is 6. The molecule has 0 aliphatic carbocycles. The Labute approximate surface area is 129 Å². The molecule has 0 bridgehead atoms. The van der Waals surface area contributed by atoms with Crippen LogP contribution in [0.2, 0.25) is 0 Å². The third-order valence-electron chi connectivity index (χ3n) is 3.04. The third kappa shape index (κ3) is 3.43. The molecule has 2 N–H and O–H groups in total. The Balaban J connectivity index is 2.33. The summed E-state index contributed by atoms with van der Waals surface area (Å²) in [5.41, 5.74) is 1.16. The lowest BCUT2D eigenvalue weighted by Crippen LogP contribution is -2.38. The van der Waals surface area contributed by atoms with Gasteiger partial charge >= 0.3 is 5.97 Å². The molecule has 7 heteroatoms. The normalized spacial score (nSPS) is 10.8. The number of nitrogens with zero attached hydrogens (tertiary/aromatic N) is 1. The number of carbonyl (C=O) groups excluding carboxylic acids is 1. The summed E-state index contributed by atoms with van der Waals surface area (Å²) < 4.78 is 5.56. The summed E-state index contributed by atoms with van der Waals surface area (Å²) in [6.07, 6.45) is 0. The first-order valence-corrected chi connectivity index (χ1v) is 7.10. The maximum Gasteiger partial charge on any atom is 0.323 e. The van der Waals surface area contributed by atoms with Crippen molar-refractivity contribution in [1.29, 1.82) is 0 Å².